The summed E-state index contributed by atoms with van der Waals surface area (Å²) in [6.45, 7) is 0. The number of hydrogen-bond donors (Lipinski definition) is 3. The van der Waals surface area contributed by atoms with E-state index >= 15 is 0 Å². The maximum absolute atomic E-state index is 12.4. The zero-order valence-corrected chi connectivity index (χ0v) is 15.7. The molecule has 0 aliphatic carbocycles. The Morgan fingerprint density at radius 1 is 0.862 bits per heavy atom. The molecule has 3 aromatic heterocycles. The molecule has 0 amide bonds. The highest BCUT2D eigenvalue weighted by Gasteiger charge is 2.22. The summed E-state index contributed by atoms with van der Waals surface area (Å²) in [5.74, 6) is 0. The van der Waals surface area contributed by atoms with Crippen molar-refractivity contribution >= 4 is 39.4 Å². The van der Waals surface area contributed by atoms with Gasteiger partial charge in [-0.25, -0.2) is 9.67 Å². The first-order valence-corrected chi connectivity index (χ1v) is 9.56. The number of nitrogens with two attached hydrogens (primary N) is 1. The average Bonchev–Trinajstić information content (AvgIpc) is 3.11. The molecule has 29 heavy (non-hydrogen) atoms. The summed E-state index contributed by atoms with van der Waals surface area (Å²) in [7, 11) is 0. The van der Waals surface area contributed by atoms with E-state index in [1.54, 1.807) is 4.68 Å². The van der Waals surface area contributed by atoms with Gasteiger partial charge in [-0.3, -0.25) is 19.8 Å². The van der Waals surface area contributed by atoms with E-state index in [4.69, 9.17) is 10.8 Å². The van der Waals surface area contributed by atoms with Gasteiger partial charge in [-0.05, 0) is 24.3 Å². The van der Waals surface area contributed by atoms with Gasteiger partial charge in [0.15, 0.2) is 5.65 Å². The van der Waals surface area contributed by atoms with E-state index in [1.807, 2.05) is 60.7 Å². The van der Waals surface area contributed by atoms with Gasteiger partial charge >= 0.3 is 0 Å². The minimum Gasteiger partial charge on any atom is -0.397 e. The van der Waals surface area contributed by atoms with E-state index in [0.29, 0.717) is 16.1 Å². The predicted octanol–water partition coefficient (Wildman–Crippen LogP) is 2.68. The van der Waals surface area contributed by atoms with Crippen LogP contribution in [0.15, 0.2) is 80.2 Å². The third-order valence-electron chi connectivity index (χ3n) is 4.51. The highest BCUT2D eigenvalue weighted by molar-refractivity contribution is 7.99. The van der Waals surface area contributed by atoms with Gasteiger partial charge in [-0.15, -0.1) is 0 Å². The molecule has 0 aliphatic heterocycles. The molecule has 2 aromatic carbocycles. The lowest BCUT2D eigenvalue weighted by atomic mass is 10.2. The molecule has 0 spiro atoms. The van der Waals surface area contributed by atoms with Crippen molar-refractivity contribution in [1.29, 1.82) is 0 Å². The standard InChI is InChI=1S/C20H14N6O2S/c21-15-13-16(19(28)24-23-18(13)27)22-17-14(15)20(29-12-9-5-2-6-10-12)25-26(17)11-7-3-1-4-8-11/h1-10H,(H2,21,22)(H,23,27)(H,24,28). The average molecular weight is 402 g/mol. The number of rotatable bonds is 3. The van der Waals surface area contributed by atoms with Gasteiger partial charge in [0.2, 0.25) is 0 Å². The lowest BCUT2D eigenvalue weighted by Gasteiger charge is -2.05. The summed E-state index contributed by atoms with van der Waals surface area (Å²) in [4.78, 5) is 30.1. The van der Waals surface area contributed by atoms with Crippen molar-refractivity contribution in [2.75, 3.05) is 5.73 Å². The number of aromatic amines is 2. The summed E-state index contributed by atoms with van der Waals surface area (Å²) in [5, 5.41) is 10.5. The van der Waals surface area contributed by atoms with Gasteiger partial charge in [0, 0.05) is 4.90 Å². The van der Waals surface area contributed by atoms with Gasteiger partial charge in [-0.2, -0.15) is 5.10 Å². The van der Waals surface area contributed by atoms with Gasteiger partial charge < -0.3 is 5.73 Å². The van der Waals surface area contributed by atoms with Crippen LogP contribution in [-0.4, -0.2) is 25.0 Å². The lowest BCUT2D eigenvalue weighted by Crippen LogP contribution is -2.21. The van der Waals surface area contributed by atoms with Crippen molar-refractivity contribution in [2.24, 2.45) is 0 Å². The first-order chi connectivity index (χ1) is 14.1. The number of pyridine rings is 1. The number of nitrogen functional groups attached to an aromatic ring is 1. The molecule has 0 fully saturated rings. The molecule has 9 heteroatoms. The van der Waals surface area contributed by atoms with Crippen LogP contribution in [0.5, 0.6) is 0 Å². The summed E-state index contributed by atoms with van der Waals surface area (Å²) >= 11 is 1.42. The van der Waals surface area contributed by atoms with Crippen LogP contribution in [-0.2, 0) is 0 Å². The molecule has 8 nitrogen and oxygen atoms in total. The second-order valence-corrected chi connectivity index (χ2v) is 7.39. The number of hydrogen-bond acceptors (Lipinski definition) is 6. The van der Waals surface area contributed by atoms with E-state index in [2.05, 4.69) is 15.2 Å². The molecule has 0 radical (unpaired) electrons. The van der Waals surface area contributed by atoms with E-state index in [-0.39, 0.29) is 16.6 Å². The number of nitrogens with one attached hydrogen (secondary N) is 2. The maximum Gasteiger partial charge on any atom is 0.289 e. The minimum absolute atomic E-state index is 0.0212. The smallest absolute Gasteiger partial charge is 0.289 e. The molecule has 0 aliphatic rings. The molecule has 3 heterocycles. The third kappa shape index (κ3) is 2.79. The van der Waals surface area contributed by atoms with Gasteiger partial charge in [0.25, 0.3) is 11.1 Å². The van der Waals surface area contributed by atoms with Crippen LogP contribution in [0, 0.1) is 0 Å². The van der Waals surface area contributed by atoms with Crippen LogP contribution in [0.3, 0.4) is 0 Å². The topological polar surface area (TPSA) is 122 Å². The Labute approximate surface area is 167 Å². The largest absolute Gasteiger partial charge is 0.397 e. The van der Waals surface area contributed by atoms with E-state index < -0.39 is 11.1 Å². The van der Waals surface area contributed by atoms with Crippen molar-refractivity contribution < 1.29 is 0 Å². The molecule has 0 atom stereocenters. The first kappa shape index (κ1) is 17.3. The quantitative estimate of drug-likeness (QED) is 0.426. The van der Waals surface area contributed by atoms with Crippen molar-refractivity contribution in [1.82, 2.24) is 25.0 Å². The lowest BCUT2D eigenvalue weighted by molar-refractivity contribution is 0.852. The zero-order valence-electron chi connectivity index (χ0n) is 14.9. The molecule has 5 aromatic rings. The SMILES string of the molecule is Nc1c2c(Sc3ccccc3)nn(-c3ccccc3)c2nc2c(=O)[nH][nH]c(=O)c12. The second kappa shape index (κ2) is 6.64. The first-order valence-electron chi connectivity index (χ1n) is 8.74. The molecule has 4 N–H and O–H groups in total. The Morgan fingerprint density at radius 3 is 2.24 bits per heavy atom. The number of aromatic nitrogens is 5. The van der Waals surface area contributed by atoms with Crippen LogP contribution < -0.4 is 16.9 Å². The summed E-state index contributed by atoms with van der Waals surface area (Å²) in [6, 6.07) is 19.1. The van der Waals surface area contributed by atoms with E-state index in [1.165, 1.54) is 11.8 Å². The Bertz CT molecular complexity index is 1470. The van der Waals surface area contributed by atoms with Crippen molar-refractivity contribution in [3.63, 3.8) is 0 Å². The van der Waals surface area contributed by atoms with Gasteiger partial charge in [0.05, 0.1) is 22.1 Å². The predicted molar refractivity (Wildman–Crippen MR) is 113 cm³/mol. The highest BCUT2D eigenvalue weighted by Crippen LogP contribution is 2.37. The molecule has 0 saturated heterocycles. The zero-order chi connectivity index (χ0) is 20.0. The Hall–Kier alpha value is -3.85. The van der Waals surface area contributed by atoms with Gasteiger partial charge in [0.1, 0.15) is 10.5 Å². The minimum atomic E-state index is -0.522. The van der Waals surface area contributed by atoms with Crippen molar-refractivity contribution in [3.8, 4) is 5.69 Å². The second-order valence-electron chi connectivity index (χ2n) is 6.32. The van der Waals surface area contributed by atoms with Crippen LogP contribution in [0.4, 0.5) is 5.69 Å². The highest BCUT2D eigenvalue weighted by atomic mass is 32.2. The van der Waals surface area contributed by atoms with E-state index in [0.717, 1.165) is 10.6 Å². The Balaban J connectivity index is 1.90. The van der Waals surface area contributed by atoms with Crippen LogP contribution >= 0.6 is 11.8 Å². The monoisotopic (exact) mass is 402 g/mol. The van der Waals surface area contributed by atoms with Crippen molar-refractivity contribution in [2.45, 2.75) is 9.92 Å². The van der Waals surface area contributed by atoms with Crippen LogP contribution in [0.25, 0.3) is 27.6 Å². The molecular weight excluding hydrogens is 388 g/mol. The van der Waals surface area contributed by atoms with Crippen LogP contribution in [0.1, 0.15) is 0 Å². The molecule has 0 bridgehead atoms. The Kier molecular flexibility index (Phi) is 3.95. The number of nitrogens with zero attached hydrogens (tertiary/aromatic N) is 3. The molecule has 5 rings (SSSR count). The van der Waals surface area contributed by atoms with Crippen LogP contribution in [0.2, 0.25) is 0 Å². The molecular formula is C20H14N6O2S. The van der Waals surface area contributed by atoms with E-state index in [9.17, 15) is 9.59 Å². The fraction of sp³-hybridized carbons (Fsp3) is 0. The molecule has 0 saturated carbocycles. The summed E-state index contributed by atoms with van der Waals surface area (Å²) in [5.41, 5.74) is 6.70. The maximum atomic E-state index is 12.4. The summed E-state index contributed by atoms with van der Waals surface area (Å²) < 4.78 is 1.64. The molecule has 0 unspecified atom stereocenters. The number of benzene rings is 2. The summed E-state index contributed by atoms with van der Waals surface area (Å²) in [6.07, 6.45) is 0. The van der Waals surface area contributed by atoms with Crippen molar-refractivity contribution in [3.05, 3.63) is 81.4 Å². The fourth-order valence-corrected chi connectivity index (χ4v) is 4.14. The Morgan fingerprint density at radius 2 is 1.52 bits per heavy atom. The third-order valence-corrected chi connectivity index (χ3v) is 5.50. The fourth-order valence-electron chi connectivity index (χ4n) is 3.19. The number of fused-ring (bicyclic) bond motifs is 2. The molecule has 142 valence electrons. The number of para-hydroxylation sites is 1. The normalized spacial score (nSPS) is 11.3. The van der Waals surface area contributed by atoms with Gasteiger partial charge in [-0.1, -0.05) is 48.2 Å². The number of H-pyrrole nitrogens is 2. The number of anilines is 1.